The van der Waals surface area contributed by atoms with E-state index < -0.39 is 0 Å². The Hall–Kier alpha value is -1.33. The molecular weight excluding hydrogens is 392 g/mol. The molecule has 2 N–H and O–H groups in total. The van der Waals surface area contributed by atoms with E-state index in [4.69, 9.17) is 12.2 Å². The van der Waals surface area contributed by atoms with E-state index in [1.165, 1.54) is 10.4 Å². The molecule has 0 amide bonds. The number of imidazole rings is 1. The lowest BCUT2D eigenvalue weighted by Gasteiger charge is -2.25. The van der Waals surface area contributed by atoms with Crippen molar-refractivity contribution >= 4 is 49.6 Å². The van der Waals surface area contributed by atoms with Gasteiger partial charge in [0.25, 0.3) is 0 Å². The summed E-state index contributed by atoms with van der Waals surface area (Å²) in [6, 6.07) is 0. The largest absolute Gasteiger partial charge is 0.330 e. The number of nitrogens with two attached hydrogens (primary N) is 1. The molecule has 3 rings (SSSR count). The summed E-state index contributed by atoms with van der Waals surface area (Å²) in [5, 5.41) is 6.47. The topological polar surface area (TPSA) is 47.1 Å². The van der Waals surface area contributed by atoms with Gasteiger partial charge in [0.1, 0.15) is 17.4 Å². The van der Waals surface area contributed by atoms with Gasteiger partial charge in [-0.1, -0.05) is 5.92 Å². The lowest BCUT2D eigenvalue weighted by molar-refractivity contribution is 0.578. The Morgan fingerprint density at radius 1 is 1.48 bits per heavy atom. The Kier molecular flexibility index (Phi) is 5.07. The molecular formula is C16H17BrN4S2. The average molecular weight is 409 g/mol. The minimum Gasteiger partial charge on any atom is -0.330 e. The van der Waals surface area contributed by atoms with E-state index in [0.29, 0.717) is 6.54 Å². The number of halogens is 1. The van der Waals surface area contributed by atoms with Crippen LogP contribution in [0.1, 0.15) is 21.7 Å². The van der Waals surface area contributed by atoms with Crippen molar-refractivity contribution in [3.8, 4) is 12.3 Å². The van der Waals surface area contributed by atoms with Crippen molar-refractivity contribution in [2.75, 3.05) is 18.1 Å². The van der Waals surface area contributed by atoms with Crippen molar-refractivity contribution in [3.63, 3.8) is 0 Å². The molecule has 0 aliphatic heterocycles. The third-order valence-corrected chi connectivity index (χ3v) is 6.91. The van der Waals surface area contributed by atoms with Crippen LogP contribution in [0.4, 0.5) is 0 Å². The number of rotatable bonds is 6. The SMILES string of the molecule is C#Cc1sc(CN(CCCN)n2cnc3cscc32)c(C)c1Br. The molecule has 120 valence electrons. The van der Waals surface area contributed by atoms with Crippen molar-refractivity contribution in [2.24, 2.45) is 5.73 Å². The summed E-state index contributed by atoms with van der Waals surface area (Å²) in [5.74, 6) is 2.75. The van der Waals surface area contributed by atoms with E-state index in [-0.39, 0.29) is 0 Å². The maximum Gasteiger partial charge on any atom is 0.116 e. The zero-order chi connectivity index (χ0) is 16.4. The second kappa shape index (κ2) is 7.05. The summed E-state index contributed by atoms with van der Waals surface area (Å²) >= 11 is 6.93. The van der Waals surface area contributed by atoms with E-state index in [9.17, 15) is 0 Å². The molecule has 0 saturated heterocycles. The van der Waals surface area contributed by atoms with Gasteiger partial charge in [-0.3, -0.25) is 0 Å². The highest BCUT2D eigenvalue weighted by Gasteiger charge is 2.17. The molecule has 23 heavy (non-hydrogen) atoms. The molecule has 4 nitrogen and oxygen atoms in total. The average Bonchev–Trinajstić information content (AvgIpc) is 3.22. The maximum atomic E-state index is 5.71. The quantitative estimate of drug-likeness (QED) is 0.632. The molecule has 0 aliphatic carbocycles. The summed E-state index contributed by atoms with van der Waals surface area (Å²) < 4.78 is 3.16. The summed E-state index contributed by atoms with van der Waals surface area (Å²) in [6.07, 6.45) is 8.40. The Bertz CT molecular complexity index is 855. The van der Waals surface area contributed by atoms with E-state index in [1.807, 2.05) is 6.33 Å². The number of hydrogen-bond acceptors (Lipinski definition) is 5. The fourth-order valence-electron chi connectivity index (χ4n) is 2.44. The van der Waals surface area contributed by atoms with Crippen LogP contribution in [0, 0.1) is 19.3 Å². The van der Waals surface area contributed by atoms with E-state index in [2.05, 4.69) is 54.2 Å². The number of terminal acetylenes is 1. The van der Waals surface area contributed by atoms with Gasteiger partial charge in [0.05, 0.1) is 11.4 Å². The van der Waals surface area contributed by atoms with Crippen LogP contribution >= 0.6 is 38.6 Å². The molecule has 0 radical (unpaired) electrons. The van der Waals surface area contributed by atoms with Crippen molar-refractivity contribution in [1.29, 1.82) is 0 Å². The van der Waals surface area contributed by atoms with Crippen LogP contribution in [-0.2, 0) is 6.54 Å². The first-order chi connectivity index (χ1) is 11.2. The Morgan fingerprint density at radius 3 is 3.00 bits per heavy atom. The lowest BCUT2D eigenvalue weighted by Crippen LogP contribution is -2.35. The van der Waals surface area contributed by atoms with Gasteiger partial charge in [0, 0.05) is 26.7 Å². The molecule has 0 unspecified atom stereocenters. The predicted molar refractivity (Wildman–Crippen MR) is 103 cm³/mol. The summed E-state index contributed by atoms with van der Waals surface area (Å²) in [6.45, 7) is 4.43. The summed E-state index contributed by atoms with van der Waals surface area (Å²) in [7, 11) is 0. The molecule has 0 bridgehead atoms. The van der Waals surface area contributed by atoms with Gasteiger partial charge >= 0.3 is 0 Å². The first-order valence-corrected chi connectivity index (χ1v) is 9.79. The Morgan fingerprint density at radius 2 is 2.30 bits per heavy atom. The van der Waals surface area contributed by atoms with Crippen LogP contribution in [-0.4, -0.2) is 22.7 Å². The van der Waals surface area contributed by atoms with Gasteiger partial charge in [-0.05, 0) is 41.4 Å². The van der Waals surface area contributed by atoms with Crippen LogP contribution in [0.5, 0.6) is 0 Å². The van der Waals surface area contributed by atoms with Crippen molar-refractivity contribution in [1.82, 2.24) is 9.66 Å². The summed E-state index contributed by atoms with van der Waals surface area (Å²) in [5.41, 5.74) is 9.09. The van der Waals surface area contributed by atoms with E-state index in [0.717, 1.165) is 39.9 Å². The molecule has 0 saturated carbocycles. The third-order valence-electron chi connectivity index (χ3n) is 3.73. The normalized spacial score (nSPS) is 11.0. The first kappa shape index (κ1) is 16.5. The first-order valence-electron chi connectivity index (χ1n) is 7.24. The van der Waals surface area contributed by atoms with Gasteiger partial charge in [-0.15, -0.1) is 29.1 Å². The van der Waals surface area contributed by atoms with Crippen LogP contribution in [0.25, 0.3) is 11.0 Å². The standard InChI is InChI=1S/C16H17BrN4S2/c1-3-14-16(17)11(2)15(23-14)7-20(6-4-5-18)21-10-19-12-8-22-9-13(12)21/h1,8-10H,4-7,18H2,2H3. The predicted octanol–water partition coefficient (Wildman–Crippen LogP) is 3.70. The molecule has 0 aliphatic rings. The highest BCUT2D eigenvalue weighted by molar-refractivity contribution is 9.10. The number of fused-ring (bicyclic) bond motifs is 1. The molecule has 3 aromatic rings. The molecule has 3 heterocycles. The highest BCUT2D eigenvalue weighted by Crippen LogP contribution is 2.33. The highest BCUT2D eigenvalue weighted by atomic mass is 79.9. The van der Waals surface area contributed by atoms with Crippen molar-refractivity contribution in [3.05, 3.63) is 36.9 Å². The Labute approximate surface area is 152 Å². The molecule has 0 spiro atoms. The molecule has 0 atom stereocenters. The fraction of sp³-hybridized carbons (Fsp3) is 0.312. The second-order valence-electron chi connectivity index (χ2n) is 5.20. The zero-order valence-electron chi connectivity index (χ0n) is 12.8. The monoisotopic (exact) mass is 408 g/mol. The van der Waals surface area contributed by atoms with Crippen LogP contribution < -0.4 is 10.7 Å². The van der Waals surface area contributed by atoms with Crippen molar-refractivity contribution in [2.45, 2.75) is 19.9 Å². The van der Waals surface area contributed by atoms with Crippen LogP contribution in [0.2, 0.25) is 0 Å². The number of nitrogens with zero attached hydrogens (tertiary/aromatic N) is 3. The fourth-order valence-corrected chi connectivity index (χ4v) is 4.92. The second-order valence-corrected chi connectivity index (χ2v) is 7.84. The van der Waals surface area contributed by atoms with Gasteiger partial charge < -0.3 is 10.7 Å². The molecule has 3 aromatic heterocycles. The molecule has 0 aromatic carbocycles. The number of aromatic nitrogens is 2. The van der Waals surface area contributed by atoms with Gasteiger partial charge in [0.15, 0.2) is 0 Å². The van der Waals surface area contributed by atoms with E-state index >= 15 is 0 Å². The lowest BCUT2D eigenvalue weighted by atomic mass is 10.2. The third kappa shape index (κ3) is 3.17. The smallest absolute Gasteiger partial charge is 0.116 e. The Balaban J connectivity index is 1.94. The van der Waals surface area contributed by atoms with Crippen molar-refractivity contribution < 1.29 is 0 Å². The minimum atomic E-state index is 0.667. The van der Waals surface area contributed by atoms with E-state index in [1.54, 1.807) is 22.7 Å². The molecule has 0 fully saturated rings. The maximum absolute atomic E-state index is 5.71. The van der Waals surface area contributed by atoms with Gasteiger partial charge in [-0.25, -0.2) is 9.66 Å². The number of hydrogen-bond donors (Lipinski definition) is 1. The minimum absolute atomic E-state index is 0.667. The zero-order valence-corrected chi connectivity index (χ0v) is 16.0. The van der Waals surface area contributed by atoms with Crippen LogP contribution in [0.15, 0.2) is 21.6 Å². The van der Waals surface area contributed by atoms with Crippen LogP contribution in [0.3, 0.4) is 0 Å². The number of thiophene rings is 2. The summed E-state index contributed by atoms with van der Waals surface area (Å²) in [4.78, 5) is 6.68. The molecule has 7 heteroatoms. The van der Waals surface area contributed by atoms with Gasteiger partial charge in [-0.2, -0.15) is 0 Å². The van der Waals surface area contributed by atoms with Gasteiger partial charge in [0.2, 0.25) is 0 Å².